The van der Waals surface area contributed by atoms with E-state index in [2.05, 4.69) is 28.6 Å². The molecule has 1 aliphatic heterocycles. The normalized spacial score (nSPS) is 13.8. The number of nitrogens with one attached hydrogen (secondary N) is 1. The fourth-order valence-corrected chi connectivity index (χ4v) is 3.82. The Labute approximate surface area is 132 Å². The second kappa shape index (κ2) is 5.10. The first kappa shape index (κ1) is 13.3. The van der Waals surface area contributed by atoms with Gasteiger partial charge in [0.25, 0.3) is 5.91 Å². The molecular formula is C17H15N3OS. The smallest absolute Gasteiger partial charge is 0.261 e. The van der Waals surface area contributed by atoms with Crippen LogP contribution in [-0.2, 0) is 6.42 Å². The molecule has 1 N–H and O–H groups in total. The molecule has 0 radical (unpaired) electrons. The van der Waals surface area contributed by atoms with Crippen molar-refractivity contribution in [3.05, 3.63) is 58.7 Å². The second-order valence-corrected chi connectivity index (χ2v) is 6.54. The maximum absolute atomic E-state index is 11.9. The number of hydrogen-bond donors (Lipinski definition) is 1. The van der Waals surface area contributed by atoms with Crippen LogP contribution in [0.3, 0.4) is 0 Å². The Morgan fingerprint density at radius 2 is 2.23 bits per heavy atom. The number of nitrogens with zero attached hydrogens (tertiary/aromatic N) is 2. The van der Waals surface area contributed by atoms with Crippen molar-refractivity contribution >= 4 is 17.2 Å². The Hall–Kier alpha value is -2.40. The van der Waals surface area contributed by atoms with Gasteiger partial charge in [-0.15, -0.1) is 11.3 Å². The summed E-state index contributed by atoms with van der Waals surface area (Å²) in [6.07, 6.45) is 4.77. The summed E-state index contributed by atoms with van der Waals surface area (Å²) in [5.41, 5.74) is 4.44. The third-order valence-corrected chi connectivity index (χ3v) is 5.03. The highest BCUT2D eigenvalue weighted by atomic mass is 32.1. The molecule has 0 saturated carbocycles. The van der Waals surface area contributed by atoms with Gasteiger partial charge in [0, 0.05) is 17.6 Å². The van der Waals surface area contributed by atoms with Gasteiger partial charge in [0.15, 0.2) is 0 Å². The molecular weight excluding hydrogens is 294 g/mol. The van der Waals surface area contributed by atoms with Crippen molar-refractivity contribution in [1.82, 2.24) is 15.1 Å². The Morgan fingerprint density at radius 3 is 3.00 bits per heavy atom. The highest BCUT2D eigenvalue weighted by Crippen LogP contribution is 2.33. The van der Waals surface area contributed by atoms with Gasteiger partial charge in [0.1, 0.15) is 0 Å². The fraction of sp³-hybridized carbons (Fsp3) is 0.176. The molecule has 4 rings (SSSR count). The number of carbonyl (C=O) groups is 1. The monoisotopic (exact) mass is 309 g/mol. The predicted octanol–water partition coefficient (Wildman–Crippen LogP) is 3.20. The summed E-state index contributed by atoms with van der Waals surface area (Å²) in [6.45, 7) is 2.76. The standard InChI is InChI=1S/C17H15N3OS/c1-11-9-19-20(10-11)14-4-2-3-12(7-14)15-8-13-5-6-18-17(21)16(13)22-15/h2-4,7-10H,5-6H2,1H3,(H,18,21). The molecule has 0 atom stereocenters. The molecule has 0 saturated heterocycles. The Bertz CT molecular complexity index is 862. The van der Waals surface area contributed by atoms with E-state index in [1.807, 2.05) is 36.1 Å². The topological polar surface area (TPSA) is 46.9 Å². The van der Waals surface area contributed by atoms with Crippen LogP contribution < -0.4 is 5.32 Å². The van der Waals surface area contributed by atoms with Crippen molar-refractivity contribution in [2.75, 3.05) is 6.54 Å². The first-order valence-corrected chi connectivity index (χ1v) is 8.05. The van der Waals surface area contributed by atoms with Crippen molar-refractivity contribution in [1.29, 1.82) is 0 Å². The number of benzene rings is 1. The molecule has 0 fully saturated rings. The third-order valence-electron chi connectivity index (χ3n) is 3.80. The lowest BCUT2D eigenvalue weighted by molar-refractivity contribution is 0.0950. The summed E-state index contributed by atoms with van der Waals surface area (Å²) in [7, 11) is 0. The maximum Gasteiger partial charge on any atom is 0.261 e. The summed E-state index contributed by atoms with van der Waals surface area (Å²) in [6, 6.07) is 10.4. The number of aromatic nitrogens is 2. The molecule has 4 nitrogen and oxygen atoms in total. The van der Waals surface area contributed by atoms with Crippen LogP contribution in [0.25, 0.3) is 16.1 Å². The number of amides is 1. The molecule has 110 valence electrons. The molecule has 0 bridgehead atoms. The number of carbonyl (C=O) groups excluding carboxylic acids is 1. The van der Waals surface area contributed by atoms with E-state index in [0.717, 1.165) is 45.1 Å². The van der Waals surface area contributed by atoms with E-state index >= 15 is 0 Å². The first-order chi connectivity index (χ1) is 10.7. The summed E-state index contributed by atoms with van der Waals surface area (Å²) in [5.74, 6) is 0.0522. The van der Waals surface area contributed by atoms with Crippen molar-refractivity contribution in [2.24, 2.45) is 0 Å². The highest BCUT2D eigenvalue weighted by Gasteiger charge is 2.20. The number of thiophene rings is 1. The molecule has 1 amide bonds. The minimum absolute atomic E-state index is 0.0522. The van der Waals surface area contributed by atoms with Gasteiger partial charge in [-0.1, -0.05) is 12.1 Å². The largest absolute Gasteiger partial charge is 0.351 e. The predicted molar refractivity (Wildman–Crippen MR) is 87.7 cm³/mol. The van der Waals surface area contributed by atoms with E-state index in [1.54, 1.807) is 11.3 Å². The Morgan fingerprint density at radius 1 is 1.32 bits per heavy atom. The highest BCUT2D eigenvalue weighted by molar-refractivity contribution is 7.17. The Balaban J connectivity index is 1.76. The lowest BCUT2D eigenvalue weighted by atomic mass is 10.1. The number of rotatable bonds is 2. The SMILES string of the molecule is Cc1cnn(-c2cccc(-c3cc4c(s3)C(=O)NCC4)c2)c1. The van der Waals surface area contributed by atoms with Gasteiger partial charge in [-0.3, -0.25) is 4.79 Å². The van der Waals surface area contributed by atoms with E-state index in [9.17, 15) is 4.79 Å². The molecule has 0 spiro atoms. The van der Waals surface area contributed by atoms with Gasteiger partial charge in [0.05, 0.1) is 16.8 Å². The molecule has 5 heteroatoms. The lowest BCUT2D eigenvalue weighted by Crippen LogP contribution is -2.30. The van der Waals surface area contributed by atoms with Crippen molar-refractivity contribution in [3.8, 4) is 16.1 Å². The summed E-state index contributed by atoms with van der Waals surface area (Å²) < 4.78 is 1.87. The van der Waals surface area contributed by atoms with Crippen molar-refractivity contribution in [3.63, 3.8) is 0 Å². The van der Waals surface area contributed by atoms with Gasteiger partial charge in [-0.25, -0.2) is 4.68 Å². The Kier molecular flexibility index (Phi) is 3.08. The minimum atomic E-state index is 0.0522. The molecule has 0 aliphatic carbocycles. The van der Waals surface area contributed by atoms with Crippen molar-refractivity contribution in [2.45, 2.75) is 13.3 Å². The minimum Gasteiger partial charge on any atom is -0.351 e. The summed E-state index contributed by atoms with van der Waals surface area (Å²) >= 11 is 1.56. The zero-order valence-electron chi connectivity index (χ0n) is 12.2. The van der Waals surface area contributed by atoms with Gasteiger partial charge in [-0.05, 0) is 48.2 Å². The first-order valence-electron chi connectivity index (χ1n) is 7.24. The van der Waals surface area contributed by atoms with Crippen LogP contribution in [0.1, 0.15) is 20.8 Å². The average molecular weight is 309 g/mol. The van der Waals surface area contributed by atoms with E-state index in [-0.39, 0.29) is 5.91 Å². The van der Waals surface area contributed by atoms with Gasteiger partial charge in [-0.2, -0.15) is 5.10 Å². The lowest BCUT2D eigenvalue weighted by Gasteiger charge is -2.10. The van der Waals surface area contributed by atoms with E-state index in [0.29, 0.717) is 0 Å². The number of fused-ring (bicyclic) bond motifs is 1. The molecule has 1 aliphatic rings. The molecule has 22 heavy (non-hydrogen) atoms. The molecule has 0 unspecified atom stereocenters. The zero-order valence-corrected chi connectivity index (χ0v) is 13.0. The molecule has 2 aromatic heterocycles. The van der Waals surface area contributed by atoms with Gasteiger partial charge < -0.3 is 5.32 Å². The number of hydrogen-bond acceptors (Lipinski definition) is 3. The second-order valence-electron chi connectivity index (χ2n) is 5.48. The van der Waals surface area contributed by atoms with Gasteiger partial charge in [0.2, 0.25) is 0 Å². The van der Waals surface area contributed by atoms with Crippen LogP contribution in [0, 0.1) is 6.92 Å². The zero-order chi connectivity index (χ0) is 15.1. The van der Waals surface area contributed by atoms with E-state index in [1.165, 1.54) is 0 Å². The quantitative estimate of drug-likeness (QED) is 0.790. The molecule has 3 aromatic rings. The van der Waals surface area contributed by atoms with Crippen LogP contribution in [0.5, 0.6) is 0 Å². The van der Waals surface area contributed by atoms with Gasteiger partial charge >= 0.3 is 0 Å². The van der Waals surface area contributed by atoms with Crippen LogP contribution in [0.2, 0.25) is 0 Å². The van der Waals surface area contributed by atoms with Crippen molar-refractivity contribution < 1.29 is 4.79 Å². The van der Waals surface area contributed by atoms with E-state index in [4.69, 9.17) is 0 Å². The average Bonchev–Trinajstić information content (AvgIpc) is 3.14. The fourth-order valence-electron chi connectivity index (χ4n) is 2.70. The van der Waals surface area contributed by atoms with Crippen LogP contribution in [0.15, 0.2) is 42.7 Å². The molecule has 1 aromatic carbocycles. The maximum atomic E-state index is 11.9. The van der Waals surface area contributed by atoms with E-state index < -0.39 is 0 Å². The summed E-state index contributed by atoms with van der Waals surface area (Å²) in [5, 5.41) is 7.25. The molecule has 3 heterocycles. The van der Waals surface area contributed by atoms with Crippen LogP contribution in [0.4, 0.5) is 0 Å². The van der Waals surface area contributed by atoms with Crippen LogP contribution >= 0.6 is 11.3 Å². The van der Waals surface area contributed by atoms with Crippen LogP contribution in [-0.4, -0.2) is 22.2 Å². The third kappa shape index (κ3) is 2.23. The number of aryl methyl sites for hydroxylation is 1. The summed E-state index contributed by atoms with van der Waals surface area (Å²) in [4.78, 5) is 13.9.